The normalized spacial score (nSPS) is 10.5. The molecule has 1 aromatic rings. The van der Waals surface area contributed by atoms with Gasteiger partial charge in [-0.2, -0.15) is 0 Å². The Bertz CT molecular complexity index is 339. The first kappa shape index (κ1) is 13.0. The third-order valence-electron chi connectivity index (χ3n) is 2.74. The van der Waals surface area contributed by atoms with Crippen molar-refractivity contribution < 1.29 is 9.13 Å². The number of benzene rings is 1. The Morgan fingerprint density at radius 3 is 2.62 bits per heavy atom. The number of halogens is 1. The molecule has 0 bridgehead atoms. The van der Waals surface area contributed by atoms with Gasteiger partial charge >= 0.3 is 0 Å². The molecule has 0 radical (unpaired) electrons. The molecule has 1 rings (SSSR count). The molecule has 2 N–H and O–H groups in total. The third kappa shape index (κ3) is 3.20. The van der Waals surface area contributed by atoms with E-state index in [1.54, 1.807) is 13.2 Å². The monoisotopic (exact) mass is 225 g/mol. The average Bonchev–Trinajstić information content (AvgIpc) is 2.28. The van der Waals surface area contributed by atoms with Crippen LogP contribution in [0.15, 0.2) is 12.1 Å². The Hall–Kier alpha value is -1.09. The third-order valence-corrected chi connectivity index (χ3v) is 2.74. The summed E-state index contributed by atoms with van der Waals surface area (Å²) in [6.45, 7) is 2.75. The number of hydrogen-bond donors (Lipinski definition) is 1. The molecule has 0 aliphatic carbocycles. The first-order chi connectivity index (χ1) is 7.72. The predicted octanol–water partition coefficient (Wildman–Crippen LogP) is 2.68. The van der Waals surface area contributed by atoms with Gasteiger partial charge in [-0.3, -0.25) is 0 Å². The SMILES string of the molecule is CCc1c(CCCCN)cc(F)cc1OC. The fourth-order valence-corrected chi connectivity index (χ4v) is 1.93. The molecule has 2 nitrogen and oxygen atoms in total. The molecule has 0 heterocycles. The highest BCUT2D eigenvalue weighted by Gasteiger charge is 2.09. The largest absolute Gasteiger partial charge is 0.496 e. The summed E-state index contributed by atoms with van der Waals surface area (Å²) in [5.41, 5.74) is 7.61. The lowest BCUT2D eigenvalue weighted by Gasteiger charge is -2.12. The van der Waals surface area contributed by atoms with Gasteiger partial charge in [-0.15, -0.1) is 0 Å². The summed E-state index contributed by atoms with van der Waals surface area (Å²) in [4.78, 5) is 0. The van der Waals surface area contributed by atoms with Gasteiger partial charge in [0, 0.05) is 6.07 Å². The van der Waals surface area contributed by atoms with E-state index in [1.807, 2.05) is 0 Å². The zero-order chi connectivity index (χ0) is 12.0. The van der Waals surface area contributed by atoms with E-state index in [0.717, 1.165) is 36.8 Å². The highest BCUT2D eigenvalue weighted by Crippen LogP contribution is 2.25. The summed E-state index contributed by atoms with van der Waals surface area (Å²) in [5.74, 6) is 0.432. The molecule has 0 saturated heterocycles. The molecular formula is C13H20FNO. The molecule has 0 aliphatic rings. The van der Waals surface area contributed by atoms with Gasteiger partial charge in [0.25, 0.3) is 0 Å². The Labute approximate surface area is 96.6 Å². The van der Waals surface area contributed by atoms with E-state index < -0.39 is 0 Å². The molecule has 0 unspecified atom stereocenters. The molecule has 0 amide bonds. The topological polar surface area (TPSA) is 35.2 Å². The minimum absolute atomic E-state index is 0.225. The molecule has 0 aromatic heterocycles. The van der Waals surface area contributed by atoms with Gasteiger partial charge in [-0.25, -0.2) is 4.39 Å². The number of aryl methyl sites for hydroxylation is 1. The van der Waals surface area contributed by atoms with Crippen LogP contribution in [-0.4, -0.2) is 13.7 Å². The van der Waals surface area contributed by atoms with E-state index in [1.165, 1.54) is 6.07 Å². The number of ether oxygens (including phenoxy) is 1. The van der Waals surface area contributed by atoms with Crippen LogP contribution in [0.3, 0.4) is 0 Å². The minimum Gasteiger partial charge on any atom is -0.496 e. The van der Waals surface area contributed by atoms with Crippen LogP contribution < -0.4 is 10.5 Å². The van der Waals surface area contributed by atoms with Gasteiger partial charge in [-0.1, -0.05) is 6.92 Å². The zero-order valence-electron chi connectivity index (χ0n) is 10.1. The van der Waals surface area contributed by atoms with Crippen LogP contribution in [-0.2, 0) is 12.8 Å². The number of hydrogen-bond acceptors (Lipinski definition) is 2. The van der Waals surface area contributed by atoms with Crippen molar-refractivity contribution in [3.8, 4) is 5.75 Å². The maximum atomic E-state index is 13.3. The predicted molar refractivity (Wildman–Crippen MR) is 64.3 cm³/mol. The highest BCUT2D eigenvalue weighted by atomic mass is 19.1. The molecule has 16 heavy (non-hydrogen) atoms. The molecule has 0 aliphatic heterocycles. The van der Waals surface area contributed by atoms with Crippen molar-refractivity contribution in [2.24, 2.45) is 5.73 Å². The van der Waals surface area contributed by atoms with Gasteiger partial charge in [0.15, 0.2) is 0 Å². The van der Waals surface area contributed by atoms with Gasteiger partial charge < -0.3 is 10.5 Å². The lowest BCUT2D eigenvalue weighted by molar-refractivity contribution is 0.405. The Balaban J connectivity index is 2.91. The van der Waals surface area contributed by atoms with E-state index in [0.29, 0.717) is 12.3 Å². The van der Waals surface area contributed by atoms with Crippen molar-refractivity contribution >= 4 is 0 Å². The van der Waals surface area contributed by atoms with Crippen molar-refractivity contribution in [2.75, 3.05) is 13.7 Å². The van der Waals surface area contributed by atoms with Crippen molar-refractivity contribution in [3.05, 3.63) is 29.1 Å². The molecular weight excluding hydrogens is 205 g/mol. The van der Waals surface area contributed by atoms with Crippen LogP contribution in [0.25, 0.3) is 0 Å². The Morgan fingerprint density at radius 2 is 2.06 bits per heavy atom. The second-order valence-corrected chi connectivity index (χ2v) is 3.85. The van der Waals surface area contributed by atoms with Crippen molar-refractivity contribution in [1.29, 1.82) is 0 Å². The molecule has 0 fully saturated rings. The highest BCUT2D eigenvalue weighted by molar-refractivity contribution is 5.41. The molecule has 3 heteroatoms. The fraction of sp³-hybridized carbons (Fsp3) is 0.538. The summed E-state index contributed by atoms with van der Waals surface area (Å²) in [5, 5.41) is 0. The molecule has 1 aromatic carbocycles. The molecule has 90 valence electrons. The van der Waals surface area contributed by atoms with Crippen LogP contribution in [0.1, 0.15) is 30.9 Å². The summed E-state index contributed by atoms with van der Waals surface area (Å²) in [7, 11) is 1.58. The minimum atomic E-state index is -0.225. The van der Waals surface area contributed by atoms with Crippen molar-refractivity contribution in [3.63, 3.8) is 0 Å². The number of rotatable bonds is 6. The Kier molecular flexibility index (Phi) is 5.26. The number of methoxy groups -OCH3 is 1. The maximum absolute atomic E-state index is 13.3. The van der Waals surface area contributed by atoms with E-state index >= 15 is 0 Å². The summed E-state index contributed by atoms with van der Waals surface area (Å²) >= 11 is 0. The lowest BCUT2D eigenvalue weighted by atomic mass is 9.99. The van der Waals surface area contributed by atoms with Crippen molar-refractivity contribution in [2.45, 2.75) is 32.6 Å². The van der Waals surface area contributed by atoms with Gasteiger partial charge in [0.1, 0.15) is 11.6 Å². The van der Waals surface area contributed by atoms with E-state index in [-0.39, 0.29) is 5.82 Å². The summed E-state index contributed by atoms with van der Waals surface area (Å²) in [6, 6.07) is 3.06. The van der Waals surface area contributed by atoms with E-state index in [2.05, 4.69) is 6.92 Å². The van der Waals surface area contributed by atoms with Crippen molar-refractivity contribution in [1.82, 2.24) is 0 Å². The summed E-state index contributed by atoms with van der Waals surface area (Å²) in [6.07, 6.45) is 3.70. The van der Waals surface area contributed by atoms with Gasteiger partial charge in [-0.05, 0) is 49.4 Å². The second kappa shape index (κ2) is 6.48. The van der Waals surface area contributed by atoms with Crippen LogP contribution >= 0.6 is 0 Å². The van der Waals surface area contributed by atoms with Crippen LogP contribution in [0.5, 0.6) is 5.75 Å². The van der Waals surface area contributed by atoms with Gasteiger partial charge in [0.05, 0.1) is 7.11 Å². The van der Waals surface area contributed by atoms with E-state index in [4.69, 9.17) is 10.5 Å². The zero-order valence-corrected chi connectivity index (χ0v) is 10.1. The lowest BCUT2D eigenvalue weighted by Crippen LogP contribution is -2.02. The first-order valence-corrected chi connectivity index (χ1v) is 5.78. The van der Waals surface area contributed by atoms with Crippen LogP contribution in [0.4, 0.5) is 4.39 Å². The van der Waals surface area contributed by atoms with Crippen LogP contribution in [0, 0.1) is 5.82 Å². The van der Waals surface area contributed by atoms with Crippen LogP contribution in [0.2, 0.25) is 0 Å². The molecule has 0 saturated carbocycles. The molecule has 0 spiro atoms. The standard InChI is InChI=1S/C13H20FNO/c1-3-12-10(6-4-5-7-15)8-11(14)9-13(12)16-2/h8-9H,3-7,15H2,1-2H3. The number of nitrogens with two attached hydrogens (primary N) is 1. The quantitative estimate of drug-likeness (QED) is 0.755. The average molecular weight is 225 g/mol. The first-order valence-electron chi connectivity index (χ1n) is 5.78. The Morgan fingerprint density at radius 1 is 1.31 bits per heavy atom. The maximum Gasteiger partial charge on any atom is 0.127 e. The van der Waals surface area contributed by atoms with Gasteiger partial charge in [0.2, 0.25) is 0 Å². The molecule has 0 atom stereocenters. The summed E-state index contributed by atoms with van der Waals surface area (Å²) < 4.78 is 18.5. The fourth-order valence-electron chi connectivity index (χ4n) is 1.93. The smallest absolute Gasteiger partial charge is 0.127 e. The van der Waals surface area contributed by atoms with E-state index in [9.17, 15) is 4.39 Å². The second-order valence-electron chi connectivity index (χ2n) is 3.85. The number of unbranched alkanes of at least 4 members (excludes halogenated alkanes) is 1.